The second-order valence-electron chi connectivity index (χ2n) is 4.76. The standard InChI is InChI=1S/C16H16N4OS/c1-3-21-15-9-8-12-6-4-5-7-13(12)14(15)10-17-20-11(2)18-19-16(20)22/h4-10H,3H2,1-2H3,(H,19,22)/b17-10+. The van der Waals surface area contributed by atoms with Crippen LogP contribution >= 0.6 is 12.2 Å². The number of hydrogen-bond donors (Lipinski definition) is 1. The van der Waals surface area contributed by atoms with E-state index in [0.717, 1.165) is 22.1 Å². The molecule has 1 N–H and O–H groups in total. The monoisotopic (exact) mass is 312 g/mol. The van der Waals surface area contributed by atoms with Gasteiger partial charge in [-0.25, -0.2) is 0 Å². The summed E-state index contributed by atoms with van der Waals surface area (Å²) in [6.45, 7) is 4.41. The van der Waals surface area contributed by atoms with E-state index in [2.05, 4.69) is 27.4 Å². The van der Waals surface area contributed by atoms with Gasteiger partial charge in [0.25, 0.3) is 0 Å². The van der Waals surface area contributed by atoms with Crippen LogP contribution in [0, 0.1) is 11.7 Å². The predicted octanol–water partition coefficient (Wildman–Crippen LogP) is 3.68. The van der Waals surface area contributed by atoms with Crippen molar-refractivity contribution < 1.29 is 4.74 Å². The Morgan fingerprint density at radius 3 is 2.86 bits per heavy atom. The first-order valence-corrected chi connectivity index (χ1v) is 7.44. The van der Waals surface area contributed by atoms with Crippen LogP contribution in [0.3, 0.4) is 0 Å². The number of fused-ring (bicyclic) bond motifs is 1. The van der Waals surface area contributed by atoms with Gasteiger partial charge in [-0.15, -0.1) is 0 Å². The third-order valence-electron chi connectivity index (χ3n) is 3.35. The van der Waals surface area contributed by atoms with Gasteiger partial charge in [-0.05, 0) is 42.9 Å². The predicted molar refractivity (Wildman–Crippen MR) is 90.3 cm³/mol. The van der Waals surface area contributed by atoms with Gasteiger partial charge in [-0.3, -0.25) is 5.10 Å². The lowest BCUT2D eigenvalue weighted by Crippen LogP contribution is -1.99. The van der Waals surface area contributed by atoms with Crippen molar-refractivity contribution in [3.63, 3.8) is 0 Å². The highest BCUT2D eigenvalue weighted by atomic mass is 32.1. The zero-order chi connectivity index (χ0) is 15.5. The molecule has 3 rings (SSSR count). The molecule has 0 aliphatic rings. The summed E-state index contributed by atoms with van der Waals surface area (Å²) in [6, 6.07) is 12.2. The van der Waals surface area contributed by atoms with Crippen LogP contribution in [0.15, 0.2) is 41.5 Å². The Balaban J connectivity index is 2.15. The molecule has 0 spiro atoms. The van der Waals surface area contributed by atoms with E-state index in [4.69, 9.17) is 17.0 Å². The van der Waals surface area contributed by atoms with Gasteiger partial charge in [-0.1, -0.05) is 30.3 Å². The van der Waals surface area contributed by atoms with Crippen molar-refractivity contribution in [3.05, 3.63) is 52.6 Å². The second kappa shape index (κ2) is 6.11. The molecule has 22 heavy (non-hydrogen) atoms. The van der Waals surface area contributed by atoms with E-state index in [1.54, 1.807) is 10.9 Å². The van der Waals surface area contributed by atoms with Crippen LogP contribution in [0.4, 0.5) is 0 Å². The number of rotatable bonds is 4. The van der Waals surface area contributed by atoms with Gasteiger partial charge >= 0.3 is 0 Å². The van der Waals surface area contributed by atoms with E-state index in [-0.39, 0.29) is 0 Å². The normalized spacial score (nSPS) is 11.4. The van der Waals surface area contributed by atoms with Crippen molar-refractivity contribution in [2.24, 2.45) is 5.10 Å². The summed E-state index contributed by atoms with van der Waals surface area (Å²) < 4.78 is 7.78. The highest BCUT2D eigenvalue weighted by Crippen LogP contribution is 2.26. The van der Waals surface area contributed by atoms with Crippen LogP contribution in [0.5, 0.6) is 5.75 Å². The van der Waals surface area contributed by atoms with Crippen molar-refractivity contribution in [2.45, 2.75) is 13.8 Å². The third-order valence-corrected chi connectivity index (χ3v) is 3.61. The fourth-order valence-corrected chi connectivity index (χ4v) is 2.54. The highest BCUT2D eigenvalue weighted by Gasteiger charge is 2.07. The van der Waals surface area contributed by atoms with Crippen molar-refractivity contribution in [1.82, 2.24) is 14.9 Å². The molecule has 3 aromatic rings. The molecule has 0 saturated heterocycles. The average Bonchev–Trinajstić information content (AvgIpc) is 2.85. The van der Waals surface area contributed by atoms with Crippen molar-refractivity contribution in [3.8, 4) is 5.75 Å². The number of H-pyrrole nitrogens is 1. The van der Waals surface area contributed by atoms with Crippen molar-refractivity contribution >= 4 is 29.2 Å². The Hall–Kier alpha value is -2.47. The number of nitrogens with zero attached hydrogens (tertiary/aromatic N) is 3. The molecule has 6 heteroatoms. The third kappa shape index (κ3) is 2.65. The van der Waals surface area contributed by atoms with Gasteiger partial charge in [0.2, 0.25) is 4.77 Å². The number of aromatic nitrogens is 3. The number of hydrogen-bond acceptors (Lipinski definition) is 4. The van der Waals surface area contributed by atoms with E-state index in [0.29, 0.717) is 17.2 Å². The average molecular weight is 312 g/mol. The molecule has 0 bridgehead atoms. The van der Waals surface area contributed by atoms with E-state index in [9.17, 15) is 0 Å². The Morgan fingerprint density at radius 2 is 2.14 bits per heavy atom. The number of ether oxygens (including phenoxy) is 1. The van der Waals surface area contributed by atoms with E-state index >= 15 is 0 Å². The van der Waals surface area contributed by atoms with Crippen LogP contribution in [0.2, 0.25) is 0 Å². The Morgan fingerprint density at radius 1 is 1.32 bits per heavy atom. The van der Waals surface area contributed by atoms with Gasteiger partial charge < -0.3 is 4.74 Å². The first kappa shape index (κ1) is 14.5. The molecule has 0 fully saturated rings. The lowest BCUT2D eigenvalue weighted by molar-refractivity contribution is 0.340. The van der Waals surface area contributed by atoms with Gasteiger partial charge in [0.05, 0.1) is 12.8 Å². The van der Waals surface area contributed by atoms with E-state index < -0.39 is 0 Å². The molecule has 0 aliphatic carbocycles. The summed E-state index contributed by atoms with van der Waals surface area (Å²) in [6.07, 6.45) is 1.77. The molecule has 0 atom stereocenters. The molecule has 0 aliphatic heterocycles. The van der Waals surface area contributed by atoms with E-state index in [1.807, 2.05) is 38.1 Å². The Kier molecular flexibility index (Phi) is 4.02. The maximum absolute atomic E-state index is 5.73. The molecular weight excluding hydrogens is 296 g/mol. The first-order chi connectivity index (χ1) is 10.7. The van der Waals surface area contributed by atoms with Gasteiger partial charge in [0, 0.05) is 5.56 Å². The summed E-state index contributed by atoms with van der Waals surface area (Å²) in [5, 5.41) is 13.4. The van der Waals surface area contributed by atoms with Gasteiger partial charge in [-0.2, -0.15) is 14.9 Å². The summed E-state index contributed by atoms with van der Waals surface area (Å²) in [4.78, 5) is 0. The van der Waals surface area contributed by atoms with Gasteiger partial charge in [0.15, 0.2) is 0 Å². The molecule has 0 saturated carbocycles. The van der Waals surface area contributed by atoms with Crippen LogP contribution in [0.1, 0.15) is 18.3 Å². The molecule has 2 aromatic carbocycles. The minimum atomic E-state index is 0.465. The topological polar surface area (TPSA) is 55.2 Å². The van der Waals surface area contributed by atoms with Gasteiger partial charge in [0.1, 0.15) is 11.6 Å². The fourth-order valence-electron chi connectivity index (χ4n) is 2.31. The fraction of sp³-hybridized carbons (Fsp3) is 0.188. The summed E-state index contributed by atoms with van der Waals surface area (Å²) in [5.74, 6) is 1.51. The smallest absolute Gasteiger partial charge is 0.216 e. The first-order valence-electron chi connectivity index (χ1n) is 7.03. The maximum atomic E-state index is 5.73. The zero-order valence-corrected chi connectivity index (χ0v) is 13.2. The quantitative estimate of drug-likeness (QED) is 0.590. The molecule has 0 unspecified atom stereocenters. The summed E-state index contributed by atoms with van der Waals surface area (Å²) >= 11 is 5.17. The lowest BCUT2D eigenvalue weighted by atomic mass is 10.0. The molecule has 1 aromatic heterocycles. The zero-order valence-electron chi connectivity index (χ0n) is 12.4. The Bertz CT molecular complexity index is 895. The maximum Gasteiger partial charge on any atom is 0.216 e. The molecule has 112 valence electrons. The largest absolute Gasteiger partial charge is 0.493 e. The summed E-state index contributed by atoms with van der Waals surface area (Å²) in [5.41, 5.74) is 0.933. The lowest BCUT2D eigenvalue weighted by Gasteiger charge is -2.10. The highest BCUT2D eigenvalue weighted by molar-refractivity contribution is 7.71. The summed E-state index contributed by atoms with van der Waals surface area (Å²) in [7, 11) is 0. The number of benzene rings is 2. The van der Waals surface area contributed by atoms with Crippen molar-refractivity contribution in [2.75, 3.05) is 6.61 Å². The molecule has 5 nitrogen and oxygen atoms in total. The minimum absolute atomic E-state index is 0.465. The van der Waals surface area contributed by atoms with Crippen LogP contribution in [0.25, 0.3) is 10.8 Å². The van der Waals surface area contributed by atoms with Crippen LogP contribution in [-0.2, 0) is 0 Å². The minimum Gasteiger partial charge on any atom is -0.493 e. The SMILES string of the molecule is CCOc1ccc2ccccc2c1/C=N/n1c(C)n[nH]c1=S. The van der Waals surface area contributed by atoms with Crippen molar-refractivity contribution in [1.29, 1.82) is 0 Å². The second-order valence-corrected chi connectivity index (χ2v) is 5.15. The van der Waals surface area contributed by atoms with Crippen LogP contribution in [-0.4, -0.2) is 27.7 Å². The number of aromatic amines is 1. The molecule has 0 amide bonds. The van der Waals surface area contributed by atoms with Crippen LogP contribution < -0.4 is 4.74 Å². The Labute approximate surface area is 133 Å². The molecule has 0 radical (unpaired) electrons. The molecule has 1 heterocycles. The number of nitrogens with one attached hydrogen (secondary N) is 1. The molecular formula is C16H16N4OS. The number of aryl methyl sites for hydroxylation is 1. The van der Waals surface area contributed by atoms with E-state index in [1.165, 1.54) is 0 Å².